The van der Waals surface area contributed by atoms with Gasteiger partial charge in [0.2, 0.25) is 10.0 Å². The first-order chi connectivity index (χ1) is 19.2. The molecule has 2 aromatic rings. The molecule has 2 bridgehead atoms. The lowest BCUT2D eigenvalue weighted by atomic mass is 9.51. The number of carbonyl (C=O) groups is 1. The van der Waals surface area contributed by atoms with E-state index in [1.54, 1.807) is 24.5 Å². The lowest BCUT2D eigenvalue weighted by molar-refractivity contribution is -0.132. The van der Waals surface area contributed by atoms with E-state index in [2.05, 4.69) is 4.90 Å². The molecule has 5 atom stereocenters. The van der Waals surface area contributed by atoms with E-state index in [1.165, 1.54) is 19.8 Å². The van der Waals surface area contributed by atoms with Gasteiger partial charge in [0.15, 0.2) is 11.5 Å². The van der Waals surface area contributed by atoms with E-state index in [0.717, 1.165) is 61.4 Å². The van der Waals surface area contributed by atoms with Crippen molar-refractivity contribution in [2.24, 2.45) is 11.8 Å². The van der Waals surface area contributed by atoms with Crippen LogP contribution in [0.5, 0.6) is 17.2 Å². The van der Waals surface area contributed by atoms with Crippen molar-refractivity contribution in [2.75, 3.05) is 27.2 Å². The number of esters is 1. The standard InChI is InChI=1S/C31H38N2O6S/c1-19(34)38-26-16-27(37-3)29-28-22(26)15-25-23-11-12-24(32(2)40(35,36)18-21-7-5-4-6-8-21)30(39-29)31(23,28)13-14-33(25)17-20-9-10-20/h4-8,16,20,23-25,30H,9-15,17-18H2,1-3H3/t23-,24-,25+,30-,31-/m0/s1. The third-order valence-corrected chi connectivity index (χ3v) is 12.1. The number of hydrogen-bond acceptors (Lipinski definition) is 7. The molecule has 1 saturated heterocycles. The average molecular weight is 567 g/mol. The van der Waals surface area contributed by atoms with Crippen molar-refractivity contribution in [3.8, 4) is 17.2 Å². The van der Waals surface area contributed by atoms with Crippen LogP contribution in [0.4, 0.5) is 0 Å². The number of nitrogens with zero attached hydrogens (tertiary/aromatic N) is 2. The Morgan fingerprint density at radius 3 is 2.62 bits per heavy atom. The lowest BCUT2D eigenvalue weighted by Gasteiger charge is -2.60. The number of likely N-dealkylation sites (N-methyl/N-ethyl adjacent to an activating group) is 1. The van der Waals surface area contributed by atoms with E-state index < -0.39 is 10.0 Å². The van der Waals surface area contributed by atoms with Gasteiger partial charge < -0.3 is 14.2 Å². The molecule has 2 aromatic carbocycles. The first-order valence-corrected chi connectivity index (χ1v) is 16.2. The first kappa shape index (κ1) is 26.3. The Hall–Kier alpha value is -2.62. The van der Waals surface area contributed by atoms with Gasteiger partial charge in [0.1, 0.15) is 11.9 Å². The molecule has 2 heterocycles. The van der Waals surface area contributed by atoms with E-state index in [-0.39, 0.29) is 29.3 Å². The monoisotopic (exact) mass is 566 g/mol. The van der Waals surface area contributed by atoms with Gasteiger partial charge in [-0.25, -0.2) is 8.42 Å². The van der Waals surface area contributed by atoms with Crippen LogP contribution in [0.1, 0.15) is 55.7 Å². The molecule has 0 aromatic heterocycles. The van der Waals surface area contributed by atoms with Gasteiger partial charge in [-0.3, -0.25) is 9.69 Å². The Balaban J connectivity index is 1.32. The third kappa shape index (κ3) is 3.99. The molecule has 8 nitrogen and oxygen atoms in total. The smallest absolute Gasteiger partial charge is 0.308 e. The average Bonchev–Trinajstić information content (AvgIpc) is 3.68. The van der Waals surface area contributed by atoms with Gasteiger partial charge in [-0.2, -0.15) is 4.31 Å². The fraction of sp³-hybridized carbons (Fsp3) is 0.581. The number of likely N-dealkylation sites (tertiary alicyclic amines) is 1. The van der Waals surface area contributed by atoms with Gasteiger partial charge in [0.25, 0.3) is 0 Å². The molecule has 0 amide bonds. The van der Waals surface area contributed by atoms with E-state index >= 15 is 0 Å². The summed E-state index contributed by atoms with van der Waals surface area (Å²) < 4.78 is 47.6. The quantitative estimate of drug-likeness (QED) is 0.354. The zero-order valence-electron chi connectivity index (χ0n) is 23.5. The van der Waals surface area contributed by atoms with Crippen LogP contribution in [0.25, 0.3) is 0 Å². The number of sulfonamides is 1. The largest absolute Gasteiger partial charge is 0.493 e. The van der Waals surface area contributed by atoms with Gasteiger partial charge in [0, 0.05) is 49.2 Å². The highest BCUT2D eigenvalue weighted by atomic mass is 32.2. The number of ether oxygens (including phenoxy) is 3. The number of piperidine rings is 1. The zero-order chi connectivity index (χ0) is 27.8. The predicted octanol–water partition coefficient (Wildman–Crippen LogP) is 3.90. The van der Waals surface area contributed by atoms with Gasteiger partial charge >= 0.3 is 5.97 Å². The molecule has 9 heteroatoms. The van der Waals surface area contributed by atoms with Crippen molar-refractivity contribution in [1.82, 2.24) is 9.21 Å². The summed E-state index contributed by atoms with van der Waals surface area (Å²) in [5, 5.41) is 0. The topological polar surface area (TPSA) is 85.4 Å². The zero-order valence-corrected chi connectivity index (χ0v) is 24.3. The molecule has 2 saturated carbocycles. The van der Waals surface area contributed by atoms with Crippen molar-refractivity contribution in [3.05, 3.63) is 53.1 Å². The Morgan fingerprint density at radius 2 is 1.93 bits per heavy atom. The van der Waals surface area contributed by atoms with Crippen LogP contribution < -0.4 is 14.2 Å². The number of benzene rings is 2. The summed E-state index contributed by atoms with van der Waals surface area (Å²) in [5.41, 5.74) is 2.55. The maximum absolute atomic E-state index is 13.8. The van der Waals surface area contributed by atoms with Gasteiger partial charge in [0.05, 0.1) is 18.9 Å². The molecule has 0 unspecified atom stereocenters. The van der Waals surface area contributed by atoms with Crippen LogP contribution >= 0.6 is 0 Å². The second-order valence-electron chi connectivity index (χ2n) is 12.4. The summed E-state index contributed by atoms with van der Waals surface area (Å²) in [6.07, 6.45) is 5.64. The molecule has 0 radical (unpaired) electrons. The molecule has 3 fully saturated rings. The molecule has 7 rings (SSSR count). The summed E-state index contributed by atoms with van der Waals surface area (Å²) in [5.74, 6) is 2.52. The van der Waals surface area contributed by atoms with Crippen LogP contribution in [-0.2, 0) is 32.4 Å². The van der Waals surface area contributed by atoms with Crippen LogP contribution in [-0.4, -0.2) is 69.0 Å². The summed E-state index contributed by atoms with van der Waals surface area (Å²) in [4.78, 5) is 14.8. The molecule has 3 aliphatic carbocycles. The summed E-state index contributed by atoms with van der Waals surface area (Å²) in [7, 11) is -0.270. The highest BCUT2D eigenvalue weighted by Gasteiger charge is 2.67. The Morgan fingerprint density at radius 1 is 1.15 bits per heavy atom. The highest BCUT2D eigenvalue weighted by Crippen LogP contribution is 2.66. The normalized spacial score (nSPS) is 30.5. The second-order valence-corrected chi connectivity index (χ2v) is 14.4. The summed E-state index contributed by atoms with van der Waals surface area (Å²) in [6, 6.07) is 11.2. The number of rotatable bonds is 8. The molecule has 214 valence electrons. The molecular weight excluding hydrogens is 528 g/mol. The van der Waals surface area contributed by atoms with Gasteiger partial charge in [-0.1, -0.05) is 30.3 Å². The fourth-order valence-corrected chi connectivity index (χ4v) is 9.80. The van der Waals surface area contributed by atoms with Crippen molar-refractivity contribution < 1.29 is 27.4 Å². The minimum Gasteiger partial charge on any atom is -0.493 e. The van der Waals surface area contributed by atoms with Crippen LogP contribution in [0.2, 0.25) is 0 Å². The van der Waals surface area contributed by atoms with Crippen molar-refractivity contribution in [3.63, 3.8) is 0 Å². The molecule has 0 N–H and O–H groups in total. The molecular formula is C31H38N2O6S. The van der Waals surface area contributed by atoms with Crippen LogP contribution in [0.15, 0.2) is 36.4 Å². The lowest BCUT2D eigenvalue weighted by Crippen LogP contribution is -2.69. The number of carbonyl (C=O) groups excluding carboxylic acids is 1. The van der Waals surface area contributed by atoms with Crippen molar-refractivity contribution >= 4 is 16.0 Å². The molecule has 5 aliphatic rings. The second kappa shape index (κ2) is 9.46. The van der Waals surface area contributed by atoms with Gasteiger partial charge in [-0.15, -0.1) is 0 Å². The molecule has 40 heavy (non-hydrogen) atoms. The Bertz CT molecular complexity index is 1440. The minimum absolute atomic E-state index is 0.0418. The molecule has 1 spiro atoms. The van der Waals surface area contributed by atoms with E-state index in [1.807, 2.05) is 30.3 Å². The maximum Gasteiger partial charge on any atom is 0.308 e. The van der Waals surface area contributed by atoms with E-state index in [0.29, 0.717) is 29.2 Å². The highest BCUT2D eigenvalue weighted by molar-refractivity contribution is 7.88. The van der Waals surface area contributed by atoms with Crippen molar-refractivity contribution in [2.45, 2.75) is 74.8 Å². The number of hydrogen-bond donors (Lipinski definition) is 0. The summed E-state index contributed by atoms with van der Waals surface area (Å²) in [6.45, 7) is 3.50. The minimum atomic E-state index is -3.59. The van der Waals surface area contributed by atoms with E-state index in [4.69, 9.17) is 14.2 Å². The van der Waals surface area contributed by atoms with Crippen LogP contribution in [0, 0.1) is 11.8 Å². The first-order valence-electron chi connectivity index (χ1n) is 14.6. The Kier molecular flexibility index (Phi) is 6.22. The van der Waals surface area contributed by atoms with E-state index in [9.17, 15) is 13.2 Å². The maximum atomic E-state index is 13.8. The number of methoxy groups -OCH3 is 1. The van der Waals surface area contributed by atoms with Gasteiger partial charge in [-0.05, 0) is 62.5 Å². The van der Waals surface area contributed by atoms with Crippen molar-refractivity contribution in [1.29, 1.82) is 0 Å². The predicted molar refractivity (Wildman–Crippen MR) is 150 cm³/mol. The summed E-state index contributed by atoms with van der Waals surface area (Å²) >= 11 is 0. The third-order valence-electron chi connectivity index (χ3n) is 10.2. The molecule has 2 aliphatic heterocycles. The van der Waals surface area contributed by atoms with Crippen LogP contribution in [0.3, 0.4) is 0 Å². The Labute approximate surface area is 236 Å². The SMILES string of the molecule is COc1cc(OC(C)=O)c2c3c1O[C@H]1[C@@H](N(C)S(=O)(=O)Cc4ccccc4)CC[C@H]4[C@@H](C2)N(CC2CC2)CC[C@@]341. The fourth-order valence-electron chi connectivity index (χ4n) is 8.36.